The van der Waals surface area contributed by atoms with Crippen LogP contribution in [0.5, 0.6) is 5.75 Å². The highest BCUT2D eigenvalue weighted by atomic mass is 127. The predicted octanol–water partition coefficient (Wildman–Crippen LogP) is 2.42. The van der Waals surface area contributed by atoms with Gasteiger partial charge in [-0.1, -0.05) is 11.6 Å². The first-order valence-corrected chi connectivity index (χ1v) is 7.77. The van der Waals surface area contributed by atoms with Gasteiger partial charge in [0.15, 0.2) is 5.96 Å². The highest BCUT2D eigenvalue weighted by molar-refractivity contribution is 14.0. The van der Waals surface area contributed by atoms with Crippen LogP contribution < -0.4 is 15.8 Å². The number of hydrogen-bond acceptors (Lipinski definition) is 4. The van der Waals surface area contributed by atoms with E-state index in [1.807, 2.05) is 6.07 Å². The molecule has 0 bridgehead atoms. The minimum absolute atomic E-state index is 0. The Labute approximate surface area is 159 Å². The molecule has 1 aromatic rings. The van der Waals surface area contributed by atoms with Crippen LogP contribution in [0.4, 0.5) is 5.69 Å². The molecule has 0 aliphatic carbocycles. The molecule has 0 radical (unpaired) electrons. The second kappa shape index (κ2) is 10.9. The Bertz CT molecular complexity index is 510. The van der Waals surface area contributed by atoms with Gasteiger partial charge < -0.3 is 20.5 Å². The van der Waals surface area contributed by atoms with Crippen molar-refractivity contribution in [2.45, 2.75) is 6.42 Å². The van der Waals surface area contributed by atoms with E-state index in [0.717, 1.165) is 45.0 Å². The number of ether oxygens (including phenoxy) is 2. The second-order valence-electron chi connectivity index (χ2n) is 5.05. The van der Waals surface area contributed by atoms with Crippen LogP contribution in [0.15, 0.2) is 23.2 Å². The molecule has 1 saturated heterocycles. The summed E-state index contributed by atoms with van der Waals surface area (Å²) in [6.45, 7) is 5.37. The smallest absolute Gasteiger partial charge is 0.193 e. The number of guanidine groups is 1. The van der Waals surface area contributed by atoms with Crippen molar-refractivity contribution >= 4 is 47.2 Å². The fraction of sp³-hybridized carbons (Fsp3) is 0.533. The second-order valence-corrected chi connectivity index (χ2v) is 5.46. The van der Waals surface area contributed by atoms with E-state index in [1.54, 1.807) is 19.2 Å². The van der Waals surface area contributed by atoms with Crippen molar-refractivity contribution in [3.63, 3.8) is 0 Å². The summed E-state index contributed by atoms with van der Waals surface area (Å²) < 4.78 is 10.4. The van der Waals surface area contributed by atoms with Crippen LogP contribution in [0.2, 0.25) is 5.02 Å². The average molecular weight is 455 g/mol. The van der Waals surface area contributed by atoms with E-state index in [0.29, 0.717) is 23.3 Å². The summed E-state index contributed by atoms with van der Waals surface area (Å²) in [4.78, 5) is 6.71. The Morgan fingerprint density at radius 2 is 2.17 bits per heavy atom. The van der Waals surface area contributed by atoms with Gasteiger partial charge in [-0.2, -0.15) is 0 Å². The van der Waals surface area contributed by atoms with Crippen LogP contribution in [0, 0.1) is 0 Å². The molecule has 23 heavy (non-hydrogen) atoms. The zero-order chi connectivity index (χ0) is 15.8. The summed E-state index contributed by atoms with van der Waals surface area (Å²) in [5.74, 6) is 1.02. The first kappa shape index (κ1) is 20.3. The van der Waals surface area contributed by atoms with Gasteiger partial charge in [-0.15, -0.1) is 24.0 Å². The monoisotopic (exact) mass is 454 g/mol. The van der Waals surface area contributed by atoms with Crippen LogP contribution in [0.1, 0.15) is 6.42 Å². The Hall–Kier alpha value is -0.770. The molecular formula is C15H24ClIN4O2. The van der Waals surface area contributed by atoms with Crippen LogP contribution >= 0.6 is 35.6 Å². The number of nitrogens with two attached hydrogens (primary N) is 1. The van der Waals surface area contributed by atoms with Crippen molar-refractivity contribution in [2.75, 3.05) is 51.8 Å². The minimum Gasteiger partial charge on any atom is -0.495 e. The molecule has 0 amide bonds. The molecule has 3 N–H and O–H groups in total. The first-order chi connectivity index (χ1) is 10.7. The van der Waals surface area contributed by atoms with E-state index < -0.39 is 0 Å². The summed E-state index contributed by atoms with van der Waals surface area (Å²) in [5, 5.41) is 3.56. The number of nitrogens with one attached hydrogen (secondary N) is 1. The zero-order valence-electron chi connectivity index (χ0n) is 13.3. The normalized spacial score (nSPS) is 15.8. The first-order valence-electron chi connectivity index (χ1n) is 7.39. The van der Waals surface area contributed by atoms with Crippen molar-refractivity contribution in [1.29, 1.82) is 0 Å². The topological polar surface area (TPSA) is 72.1 Å². The fourth-order valence-electron chi connectivity index (χ4n) is 2.25. The van der Waals surface area contributed by atoms with Gasteiger partial charge in [-0.05, 0) is 24.6 Å². The molecule has 0 aromatic heterocycles. The molecule has 1 aromatic carbocycles. The van der Waals surface area contributed by atoms with Crippen LogP contribution in [0.3, 0.4) is 0 Å². The molecule has 8 heteroatoms. The van der Waals surface area contributed by atoms with Gasteiger partial charge in [0.1, 0.15) is 5.75 Å². The molecule has 130 valence electrons. The van der Waals surface area contributed by atoms with E-state index in [2.05, 4.69) is 15.2 Å². The van der Waals surface area contributed by atoms with Crippen LogP contribution in [-0.2, 0) is 4.74 Å². The maximum atomic E-state index is 6.06. The molecule has 1 fully saturated rings. The molecule has 2 rings (SSSR count). The Morgan fingerprint density at radius 1 is 1.43 bits per heavy atom. The quantitative estimate of drug-likeness (QED) is 0.299. The molecule has 1 aliphatic heterocycles. The number of rotatable bonds is 6. The number of aliphatic imine (C=N–C) groups is 1. The molecule has 1 heterocycles. The third-order valence-electron chi connectivity index (χ3n) is 3.44. The van der Waals surface area contributed by atoms with Gasteiger partial charge in [0, 0.05) is 31.9 Å². The lowest BCUT2D eigenvalue weighted by Crippen LogP contribution is -2.37. The third-order valence-corrected chi connectivity index (χ3v) is 3.74. The number of nitrogens with zero attached hydrogens (tertiary/aromatic N) is 2. The molecule has 0 spiro atoms. The van der Waals surface area contributed by atoms with E-state index in [1.165, 1.54) is 0 Å². The fourth-order valence-corrected chi connectivity index (χ4v) is 2.51. The summed E-state index contributed by atoms with van der Waals surface area (Å²) in [6.07, 6.45) is 0.978. The van der Waals surface area contributed by atoms with Gasteiger partial charge in [0.2, 0.25) is 0 Å². The SMILES string of the molecule is COc1ccc(NC(N)=NCCCN2CCOCC2)cc1Cl.I. The maximum Gasteiger partial charge on any atom is 0.193 e. The third kappa shape index (κ3) is 7.11. The van der Waals surface area contributed by atoms with E-state index in [4.69, 9.17) is 26.8 Å². The average Bonchev–Trinajstić information content (AvgIpc) is 2.53. The largest absolute Gasteiger partial charge is 0.495 e. The van der Waals surface area contributed by atoms with Crippen LogP contribution in [0.25, 0.3) is 0 Å². The lowest BCUT2D eigenvalue weighted by molar-refractivity contribution is 0.0377. The van der Waals surface area contributed by atoms with Crippen molar-refractivity contribution in [1.82, 2.24) is 4.90 Å². The highest BCUT2D eigenvalue weighted by Gasteiger charge is 2.09. The Balaban J connectivity index is 0.00000264. The van der Waals surface area contributed by atoms with Crippen molar-refractivity contribution < 1.29 is 9.47 Å². The van der Waals surface area contributed by atoms with Gasteiger partial charge in [0.05, 0.1) is 25.3 Å². The number of morpholine rings is 1. The summed E-state index contributed by atoms with van der Waals surface area (Å²) in [6, 6.07) is 5.40. The van der Waals surface area contributed by atoms with Crippen LogP contribution in [-0.4, -0.2) is 57.4 Å². The van der Waals surface area contributed by atoms with Crippen molar-refractivity contribution in [2.24, 2.45) is 10.7 Å². The van der Waals surface area contributed by atoms with Gasteiger partial charge in [-0.3, -0.25) is 9.89 Å². The summed E-state index contributed by atoms with van der Waals surface area (Å²) >= 11 is 6.06. The number of anilines is 1. The molecule has 0 unspecified atom stereocenters. The standard InChI is InChI=1S/C15H23ClN4O2.HI/c1-21-14-4-3-12(11-13(14)16)19-15(17)18-5-2-6-20-7-9-22-10-8-20;/h3-4,11H,2,5-10H2,1H3,(H3,17,18,19);1H. The molecular weight excluding hydrogens is 431 g/mol. The van der Waals surface area contributed by atoms with Gasteiger partial charge in [0.25, 0.3) is 0 Å². The highest BCUT2D eigenvalue weighted by Crippen LogP contribution is 2.26. The zero-order valence-corrected chi connectivity index (χ0v) is 16.3. The van der Waals surface area contributed by atoms with Crippen molar-refractivity contribution in [3.05, 3.63) is 23.2 Å². The summed E-state index contributed by atoms with van der Waals surface area (Å²) in [5.41, 5.74) is 6.67. The molecule has 1 aliphatic rings. The number of halogens is 2. The molecule has 0 saturated carbocycles. The van der Waals surface area contributed by atoms with Gasteiger partial charge in [-0.25, -0.2) is 0 Å². The number of hydrogen-bond donors (Lipinski definition) is 2. The summed E-state index contributed by atoms with van der Waals surface area (Å²) in [7, 11) is 1.58. The predicted molar refractivity (Wildman–Crippen MR) is 105 cm³/mol. The maximum absolute atomic E-state index is 6.06. The lowest BCUT2D eigenvalue weighted by atomic mass is 10.3. The van der Waals surface area contributed by atoms with E-state index >= 15 is 0 Å². The minimum atomic E-state index is 0. The van der Waals surface area contributed by atoms with E-state index in [-0.39, 0.29) is 24.0 Å². The van der Waals surface area contributed by atoms with Gasteiger partial charge >= 0.3 is 0 Å². The lowest BCUT2D eigenvalue weighted by Gasteiger charge is -2.26. The molecule has 6 nitrogen and oxygen atoms in total. The Morgan fingerprint density at radius 3 is 2.83 bits per heavy atom. The number of benzene rings is 1. The Kier molecular flexibility index (Phi) is 9.61. The number of methoxy groups -OCH3 is 1. The van der Waals surface area contributed by atoms with Crippen molar-refractivity contribution in [3.8, 4) is 5.75 Å². The van der Waals surface area contributed by atoms with E-state index in [9.17, 15) is 0 Å². The molecule has 0 atom stereocenters.